The third-order valence-corrected chi connectivity index (χ3v) is 4.41. The second kappa shape index (κ2) is 6.80. The molecule has 0 aliphatic heterocycles. The molecule has 24 heavy (non-hydrogen) atoms. The zero-order chi connectivity index (χ0) is 17.1. The van der Waals surface area contributed by atoms with Crippen LogP contribution < -0.4 is 5.32 Å². The fraction of sp³-hybridized carbons (Fsp3) is 0.167. The molecule has 0 saturated carbocycles. The molecule has 0 radical (unpaired) electrons. The van der Waals surface area contributed by atoms with E-state index in [9.17, 15) is 4.79 Å². The first-order chi connectivity index (χ1) is 11.5. The molecule has 0 spiro atoms. The third-order valence-electron chi connectivity index (χ3n) is 3.66. The van der Waals surface area contributed by atoms with Crippen molar-refractivity contribution in [3.63, 3.8) is 0 Å². The highest BCUT2D eigenvalue weighted by atomic mass is 32.1. The number of carbonyl (C=O) groups excluding carboxylic acids is 1. The van der Waals surface area contributed by atoms with Crippen LogP contribution in [0.1, 0.15) is 22.0 Å². The molecule has 0 aliphatic rings. The van der Waals surface area contributed by atoms with Gasteiger partial charge >= 0.3 is 0 Å². The number of aryl methyl sites for hydroxylation is 2. The van der Waals surface area contributed by atoms with Gasteiger partial charge in [0.15, 0.2) is 0 Å². The molecule has 6 heteroatoms. The summed E-state index contributed by atoms with van der Waals surface area (Å²) in [4.78, 5) is 12.0. The second-order valence-corrected chi connectivity index (χ2v) is 6.63. The van der Waals surface area contributed by atoms with Crippen LogP contribution in [0.5, 0.6) is 0 Å². The lowest BCUT2D eigenvalue weighted by molar-refractivity contribution is -0.111. The Bertz CT molecular complexity index is 893. The number of hydrogen-bond donors (Lipinski definition) is 1. The van der Waals surface area contributed by atoms with E-state index in [1.807, 2.05) is 38.1 Å². The van der Waals surface area contributed by atoms with Gasteiger partial charge in [0, 0.05) is 23.2 Å². The molecule has 1 amide bonds. The Hall–Kier alpha value is -2.73. The highest BCUT2D eigenvalue weighted by molar-refractivity contribution is 7.15. The van der Waals surface area contributed by atoms with Crippen molar-refractivity contribution in [3.8, 4) is 5.69 Å². The van der Waals surface area contributed by atoms with Crippen molar-refractivity contribution >= 4 is 28.5 Å². The average Bonchev–Trinajstić information content (AvgIpc) is 3.09. The van der Waals surface area contributed by atoms with Gasteiger partial charge in [-0.15, -0.1) is 10.2 Å². The van der Waals surface area contributed by atoms with Gasteiger partial charge in [-0.05, 0) is 50.6 Å². The fourth-order valence-electron chi connectivity index (χ4n) is 2.59. The summed E-state index contributed by atoms with van der Waals surface area (Å²) in [6.07, 6.45) is 3.35. The first-order valence-corrected chi connectivity index (χ1v) is 8.40. The Morgan fingerprint density at radius 1 is 1.17 bits per heavy atom. The van der Waals surface area contributed by atoms with Crippen molar-refractivity contribution in [2.75, 3.05) is 5.32 Å². The first kappa shape index (κ1) is 16.1. The Kier molecular flexibility index (Phi) is 4.57. The average molecular weight is 338 g/mol. The quantitative estimate of drug-likeness (QED) is 0.734. The summed E-state index contributed by atoms with van der Waals surface area (Å²) in [5, 5.41) is 11.8. The van der Waals surface area contributed by atoms with Gasteiger partial charge in [0.25, 0.3) is 0 Å². The maximum atomic E-state index is 12.0. The maximum Gasteiger partial charge on any atom is 0.250 e. The summed E-state index contributed by atoms with van der Waals surface area (Å²) in [7, 11) is 0. The topological polar surface area (TPSA) is 59.8 Å². The SMILES string of the molecule is Cc1nnc(NC(=O)/C=C/c2cc(C)n(-c3ccccc3)c2C)s1. The van der Waals surface area contributed by atoms with Crippen LogP contribution in [0, 0.1) is 20.8 Å². The molecule has 0 aliphatic carbocycles. The summed E-state index contributed by atoms with van der Waals surface area (Å²) in [6.45, 7) is 5.95. The highest BCUT2D eigenvalue weighted by Gasteiger charge is 2.09. The van der Waals surface area contributed by atoms with Gasteiger partial charge in [-0.3, -0.25) is 10.1 Å². The molecule has 1 aromatic carbocycles. The number of carbonyl (C=O) groups is 1. The molecule has 0 unspecified atom stereocenters. The number of nitrogens with zero attached hydrogens (tertiary/aromatic N) is 3. The normalized spacial score (nSPS) is 11.1. The van der Waals surface area contributed by atoms with E-state index < -0.39 is 0 Å². The minimum Gasteiger partial charge on any atom is -0.318 e. The minimum atomic E-state index is -0.212. The van der Waals surface area contributed by atoms with Gasteiger partial charge in [-0.25, -0.2) is 0 Å². The highest BCUT2D eigenvalue weighted by Crippen LogP contribution is 2.21. The zero-order valence-electron chi connectivity index (χ0n) is 13.8. The fourth-order valence-corrected chi connectivity index (χ4v) is 3.19. The van der Waals surface area contributed by atoms with E-state index in [-0.39, 0.29) is 5.91 Å². The summed E-state index contributed by atoms with van der Waals surface area (Å²) < 4.78 is 2.17. The minimum absolute atomic E-state index is 0.212. The molecule has 1 N–H and O–H groups in total. The number of hydrogen-bond acceptors (Lipinski definition) is 4. The van der Waals surface area contributed by atoms with Gasteiger partial charge < -0.3 is 4.57 Å². The number of amides is 1. The molecule has 0 bridgehead atoms. The molecule has 122 valence electrons. The van der Waals surface area contributed by atoms with Crippen LogP contribution in [-0.2, 0) is 4.79 Å². The first-order valence-electron chi connectivity index (χ1n) is 7.58. The summed E-state index contributed by atoms with van der Waals surface area (Å²) in [6, 6.07) is 12.2. The van der Waals surface area contributed by atoms with Crippen molar-refractivity contribution in [1.29, 1.82) is 0 Å². The predicted molar refractivity (Wildman–Crippen MR) is 97.6 cm³/mol. The van der Waals surface area contributed by atoms with Crippen molar-refractivity contribution in [2.24, 2.45) is 0 Å². The van der Waals surface area contributed by atoms with Gasteiger partial charge in [0.2, 0.25) is 11.0 Å². The van der Waals surface area contributed by atoms with E-state index in [0.717, 1.165) is 27.6 Å². The molecular formula is C18H18N4OS. The molecular weight excluding hydrogens is 320 g/mol. The second-order valence-electron chi connectivity index (χ2n) is 5.45. The van der Waals surface area contributed by atoms with Crippen LogP contribution in [0.15, 0.2) is 42.5 Å². The number of anilines is 1. The summed E-state index contributed by atoms with van der Waals surface area (Å²) >= 11 is 1.35. The molecule has 0 fully saturated rings. The number of rotatable bonds is 4. The number of benzene rings is 1. The van der Waals surface area contributed by atoms with Crippen LogP contribution in [0.4, 0.5) is 5.13 Å². The van der Waals surface area contributed by atoms with E-state index in [4.69, 9.17) is 0 Å². The largest absolute Gasteiger partial charge is 0.318 e. The van der Waals surface area contributed by atoms with Crippen molar-refractivity contribution in [2.45, 2.75) is 20.8 Å². The van der Waals surface area contributed by atoms with Crippen molar-refractivity contribution in [3.05, 3.63) is 64.4 Å². The number of nitrogens with one attached hydrogen (secondary N) is 1. The summed E-state index contributed by atoms with van der Waals surface area (Å²) in [5.74, 6) is -0.212. The van der Waals surface area contributed by atoms with Crippen LogP contribution in [0.3, 0.4) is 0 Å². The van der Waals surface area contributed by atoms with E-state index in [2.05, 4.69) is 45.2 Å². The Balaban J connectivity index is 1.79. The number of aromatic nitrogens is 3. The van der Waals surface area contributed by atoms with Crippen LogP contribution in [0.2, 0.25) is 0 Å². The number of para-hydroxylation sites is 1. The lowest BCUT2D eigenvalue weighted by Crippen LogP contribution is -2.07. The molecule has 0 saturated heterocycles. The van der Waals surface area contributed by atoms with Crippen LogP contribution >= 0.6 is 11.3 Å². The van der Waals surface area contributed by atoms with Gasteiger partial charge in [-0.1, -0.05) is 29.5 Å². The van der Waals surface area contributed by atoms with Gasteiger partial charge in [-0.2, -0.15) is 0 Å². The monoisotopic (exact) mass is 338 g/mol. The van der Waals surface area contributed by atoms with Crippen LogP contribution in [-0.4, -0.2) is 20.7 Å². The Labute approximate surface area is 144 Å². The molecule has 2 heterocycles. The third kappa shape index (κ3) is 3.44. The molecule has 3 rings (SSSR count). The van der Waals surface area contributed by atoms with E-state index in [0.29, 0.717) is 5.13 Å². The Morgan fingerprint density at radius 2 is 1.92 bits per heavy atom. The molecule has 0 atom stereocenters. The standard InChI is InChI=1S/C18H18N4OS/c1-12-11-15(13(2)22(12)16-7-5-4-6-8-16)9-10-17(23)19-18-21-20-14(3)24-18/h4-11H,1-3H3,(H,19,21,23)/b10-9+. The molecule has 5 nitrogen and oxygen atoms in total. The smallest absolute Gasteiger partial charge is 0.250 e. The van der Waals surface area contributed by atoms with Gasteiger partial charge in [0.05, 0.1) is 0 Å². The Morgan fingerprint density at radius 3 is 2.58 bits per heavy atom. The molecule has 2 aromatic heterocycles. The molecule has 3 aromatic rings. The van der Waals surface area contributed by atoms with Crippen molar-refractivity contribution < 1.29 is 4.79 Å². The van der Waals surface area contributed by atoms with E-state index >= 15 is 0 Å². The predicted octanol–water partition coefficient (Wildman–Crippen LogP) is 3.91. The van der Waals surface area contributed by atoms with Crippen molar-refractivity contribution in [1.82, 2.24) is 14.8 Å². The maximum absolute atomic E-state index is 12.0. The lowest BCUT2D eigenvalue weighted by Gasteiger charge is -2.09. The van der Waals surface area contributed by atoms with E-state index in [1.165, 1.54) is 17.4 Å². The zero-order valence-corrected chi connectivity index (χ0v) is 14.6. The van der Waals surface area contributed by atoms with Gasteiger partial charge in [0.1, 0.15) is 5.01 Å². The lowest BCUT2D eigenvalue weighted by atomic mass is 10.2. The van der Waals surface area contributed by atoms with Crippen LogP contribution in [0.25, 0.3) is 11.8 Å². The summed E-state index contributed by atoms with van der Waals surface area (Å²) in [5.41, 5.74) is 4.34. The van der Waals surface area contributed by atoms with E-state index in [1.54, 1.807) is 0 Å².